The predicted octanol–water partition coefficient (Wildman–Crippen LogP) is 0.176. The van der Waals surface area contributed by atoms with E-state index >= 15 is 0 Å². The molecule has 0 aliphatic carbocycles. The molecule has 2 N–H and O–H groups in total. The number of nitrogens with zero attached hydrogens (tertiary/aromatic N) is 5. The number of carbonyl (C=O) groups is 3. The highest BCUT2D eigenvalue weighted by molar-refractivity contribution is 6.19. The number of Topliss-reactive ketones (excluding diaryl/α,β-unsaturated/α-hetero) is 1. The summed E-state index contributed by atoms with van der Waals surface area (Å²) in [6.45, 7) is 1.46. The molecule has 0 fully saturated rings. The minimum atomic E-state index is -1.43. The maximum absolute atomic E-state index is 10.7. The van der Waals surface area contributed by atoms with Crippen molar-refractivity contribution in [2.45, 2.75) is 6.92 Å². The highest BCUT2D eigenvalue weighted by Gasteiger charge is 1.98. The van der Waals surface area contributed by atoms with Crippen molar-refractivity contribution < 1.29 is 19.5 Å². The van der Waals surface area contributed by atoms with Crippen LogP contribution in [0.4, 0.5) is 0 Å². The largest absolute Gasteiger partial charge is 0.476 e. The van der Waals surface area contributed by atoms with E-state index in [1.54, 1.807) is 24.7 Å². The summed E-state index contributed by atoms with van der Waals surface area (Å²) in [5, 5.41) is 13.5. The van der Waals surface area contributed by atoms with Crippen LogP contribution in [0.15, 0.2) is 54.1 Å². The quantitative estimate of drug-likeness (QED) is 0.368. The van der Waals surface area contributed by atoms with Gasteiger partial charge < -0.3 is 5.11 Å². The summed E-state index contributed by atoms with van der Waals surface area (Å²) < 4.78 is 0. The van der Waals surface area contributed by atoms with Crippen molar-refractivity contribution in [3.8, 4) is 11.4 Å². The van der Waals surface area contributed by atoms with Crippen LogP contribution in [0, 0.1) is 0 Å². The van der Waals surface area contributed by atoms with Crippen molar-refractivity contribution in [2.75, 3.05) is 0 Å². The molecule has 0 atom stereocenters. The van der Waals surface area contributed by atoms with E-state index < -0.39 is 5.97 Å². The molecule has 27 heavy (non-hydrogen) atoms. The molecule has 0 unspecified atom stereocenters. The third-order valence-corrected chi connectivity index (χ3v) is 2.53. The number of rotatable bonds is 3. The molecule has 0 saturated heterocycles. The summed E-state index contributed by atoms with van der Waals surface area (Å²) in [5.41, 5.74) is 1.43. The normalized spacial score (nSPS) is 8.93. The summed E-state index contributed by atoms with van der Waals surface area (Å²) in [6.07, 6.45) is 9.05. The first-order chi connectivity index (χ1) is 12.9. The lowest BCUT2D eigenvalue weighted by molar-refractivity contribution is -0.143. The first kappa shape index (κ1) is 20.9. The fourth-order valence-corrected chi connectivity index (χ4v) is 1.40. The molecular weight excluding hydrogens is 356 g/mol. The Morgan fingerprint density at radius 2 is 1.63 bits per heavy atom. The molecule has 3 rings (SSSR count). The van der Waals surface area contributed by atoms with Gasteiger partial charge >= 0.3 is 5.97 Å². The van der Waals surface area contributed by atoms with Gasteiger partial charge in [-0.25, -0.2) is 14.9 Å². The molecule has 0 aromatic carbocycles. The van der Waals surface area contributed by atoms with E-state index in [0.29, 0.717) is 17.1 Å². The molecule has 0 spiro atoms. The van der Waals surface area contributed by atoms with Crippen molar-refractivity contribution in [1.82, 2.24) is 30.1 Å². The Kier molecular flexibility index (Phi) is 8.83. The monoisotopic (exact) mass is 370 g/mol. The van der Waals surface area contributed by atoms with Crippen LogP contribution >= 0.6 is 0 Å². The lowest BCUT2D eigenvalue weighted by atomic mass is 10.3. The Morgan fingerprint density at radius 1 is 1.00 bits per heavy atom. The van der Waals surface area contributed by atoms with Crippen molar-refractivity contribution >= 4 is 18.0 Å². The number of aldehydes is 1. The second-order valence-corrected chi connectivity index (χ2v) is 4.50. The van der Waals surface area contributed by atoms with E-state index in [-0.39, 0.29) is 17.6 Å². The summed E-state index contributed by atoms with van der Waals surface area (Å²) >= 11 is 0. The Hall–Kier alpha value is -4.15. The number of H-pyrrole nitrogens is 1. The van der Waals surface area contributed by atoms with E-state index in [2.05, 4.69) is 30.1 Å². The third kappa shape index (κ3) is 8.49. The van der Waals surface area contributed by atoms with Gasteiger partial charge in [0.1, 0.15) is 17.1 Å². The van der Waals surface area contributed by atoms with Gasteiger partial charge in [0.05, 0.1) is 12.4 Å². The van der Waals surface area contributed by atoms with Gasteiger partial charge in [-0.15, -0.1) is 0 Å². The summed E-state index contributed by atoms with van der Waals surface area (Å²) in [4.78, 5) is 54.6. The van der Waals surface area contributed by atoms with Gasteiger partial charge in [0.2, 0.25) is 6.29 Å². The highest BCUT2D eigenvalue weighted by Crippen LogP contribution is 2.07. The summed E-state index contributed by atoms with van der Waals surface area (Å²) in [5.74, 6) is -1.48. The average molecular weight is 370 g/mol. The molecule has 11 heteroatoms. The molecule has 11 nitrogen and oxygen atoms in total. The number of aromatic amines is 1. The molecule has 0 saturated carbocycles. The number of ketones is 1. The zero-order valence-electron chi connectivity index (χ0n) is 14.0. The van der Waals surface area contributed by atoms with E-state index in [0.717, 1.165) is 0 Å². The number of carbonyl (C=O) groups excluding carboxylic acids is 2. The standard InChI is InChI=1S/C8H6N4O.C6H6N2O.C2H2O3/c13-8-2-1-6(11-12-8)7-5-9-3-4-10-7;1-5(9)6-4-7-2-3-8-6;3-1-2(4)5/h1-5H,(H,12,13);2-4H,1H3;1H,(H,4,5). The van der Waals surface area contributed by atoms with Crippen LogP contribution in [0.5, 0.6) is 0 Å². The van der Waals surface area contributed by atoms with Gasteiger partial charge in [-0.1, -0.05) is 0 Å². The van der Waals surface area contributed by atoms with Crippen LogP contribution in [0.25, 0.3) is 11.4 Å². The number of carboxylic acid groups (broad SMARTS) is 1. The maximum Gasteiger partial charge on any atom is 0.368 e. The molecule has 0 aliphatic heterocycles. The Balaban J connectivity index is 0.000000227. The van der Waals surface area contributed by atoms with Gasteiger partial charge in [0.15, 0.2) is 5.78 Å². The van der Waals surface area contributed by atoms with Crippen LogP contribution in [-0.4, -0.2) is 53.3 Å². The van der Waals surface area contributed by atoms with Crippen LogP contribution in [0.2, 0.25) is 0 Å². The zero-order valence-corrected chi connectivity index (χ0v) is 14.0. The van der Waals surface area contributed by atoms with E-state index in [4.69, 9.17) is 14.7 Å². The average Bonchev–Trinajstić information content (AvgIpc) is 2.71. The lowest BCUT2D eigenvalue weighted by Gasteiger charge is -1.95. The number of aromatic nitrogens is 6. The smallest absolute Gasteiger partial charge is 0.368 e. The van der Waals surface area contributed by atoms with Crippen LogP contribution < -0.4 is 5.56 Å². The van der Waals surface area contributed by atoms with Gasteiger partial charge in [-0.3, -0.25) is 29.3 Å². The number of carboxylic acids is 1. The maximum atomic E-state index is 10.7. The van der Waals surface area contributed by atoms with Gasteiger partial charge in [-0.2, -0.15) is 5.10 Å². The second-order valence-electron chi connectivity index (χ2n) is 4.50. The van der Waals surface area contributed by atoms with Gasteiger partial charge in [-0.05, 0) is 6.07 Å². The molecule has 138 valence electrons. The number of aliphatic carboxylic acids is 1. The zero-order chi connectivity index (χ0) is 20.1. The number of hydrogen-bond acceptors (Lipinski definition) is 9. The number of hydrogen-bond donors (Lipinski definition) is 2. The SMILES string of the molecule is CC(=O)c1cnccn1.O=CC(=O)O.O=c1ccc(-c2cnccn2)n[nH]1. The summed E-state index contributed by atoms with van der Waals surface area (Å²) in [6, 6.07) is 3.00. The Bertz CT molecular complexity index is 910. The molecule has 0 amide bonds. The van der Waals surface area contributed by atoms with Crippen molar-refractivity contribution in [3.05, 3.63) is 65.4 Å². The second kappa shape index (κ2) is 11.4. The fraction of sp³-hybridized carbons (Fsp3) is 0.0625. The minimum absolute atomic E-state index is 0.0527. The topological polar surface area (TPSA) is 169 Å². The molecule has 3 heterocycles. The van der Waals surface area contributed by atoms with E-state index in [1.807, 2.05) is 0 Å². The molecule has 0 bridgehead atoms. The van der Waals surface area contributed by atoms with Gasteiger partial charge in [0.25, 0.3) is 5.56 Å². The number of nitrogens with one attached hydrogen (secondary N) is 1. The third-order valence-electron chi connectivity index (χ3n) is 2.53. The predicted molar refractivity (Wildman–Crippen MR) is 91.6 cm³/mol. The molecular formula is C16H14N6O5. The Morgan fingerprint density at radius 3 is 2.00 bits per heavy atom. The van der Waals surface area contributed by atoms with Crippen LogP contribution in [0.1, 0.15) is 17.4 Å². The summed E-state index contributed by atoms with van der Waals surface area (Å²) in [7, 11) is 0. The van der Waals surface area contributed by atoms with Gasteiger partial charge in [0, 0.05) is 37.8 Å². The molecule has 0 radical (unpaired) electrons. The van der Waals surface area contributed by atoms with E-state index in [9.17, 15) is 9.59 Å². The van der Waals surface area contributed by atoms with Crippen LogP contribution in [-0.2, 0) is 9.59 Å². The lowest BCUT2D eigenvalue weighted by Crippen LogP contribution is -2.05. The van der Waals surface area contributed by atoms with Crippen molar-refractivity contribution in [1.29, 1.82) is 0 Å². The van der Waals surface area contributed by atoms with Crippen LogP contribution in [0.3, 0.4) is 0 Å². The Labute approximate surface area is 152 Å². The van der Waals surface area contributed by atoms with Crippen molar-refractivity contribution in [3.63, 3.8) is 0 Å². The molecule has 3 aromatic rings. The highest BCUT2D eigenvalue weighted by atomic mass is 16.4. The van der Waals surface area contributed by atoms with Crippen molar-refractivity contribution in [2.24, 2.45) is 0 Å². The molecule has 0 aliphatic rings. The fourth-order valence-electron chi connectivity index (χ4n) is 1.40. The first-order valence-electron chi connectivity index (χ1n) is 7.21. The first-order valence-corrected chi connectivity index (χ1v) is 7.21. The minimum Gasteiger partial charge on any atom is -0.476 e. The molecule has 3 aromatic heterocycles. The van der Waals surface area contributed by atoms with E-state index in [1.165, 1.54) is 31.6 Å².